The maximum absolute atomic E-state index is 11.5. The van der Waals surface area contributed by atoms with Crippen molar-refractivity contribution < 1.29 is 28.8 Å². The Morgan fingerprint density at radius 3 is 2.70 bits per heavy atom. The molecule has 2 aliphatic carbocycles. The summed E-state index contributed by atoms with van der Waals surface area (Å²) in [5.41, 5.74) is -1.13. The fourth-order valence-electron chi connectivity index (χ4n) is 5.89. The van der Waals surface area contributed by atoms with Gasteiger partial charge in [0.15, 0.2) is 11.4 Å². The largest absolute Gasteiger partial charge is 0.459 e. The Kier molecular flexibility index (Phi) is 2.40. The number of rotatable bonds is 1. The van der Waals surface area contributed by atoms with Gasteiger partial charge in [-0.2, -0.15) is 0 Å². The molecule has 128 valence electrons. The van der Waals surface area contributed by atoms with Crippen LogP contribution in [0, 0.1) is 17.3 Å². The van der Waals surface area contributed by atoms with Crippen LogP contribution in [0.5, 0.6) is 0 Å². The average Bonchev–Trinajstić information content (AvgIpc) is 3.33. The van der Waals surface area contributed by atoms with Crippen molar-refractivity contribution in [2.24, 2.45) is 17.3 Å². The third kappa shape index (κ3) is 1.48. The molecule has 0 aromatic rings. The molecule has 6 heteroatoms. The van der Waals surface area contributed by atoms with Crippen molar-refractivity contribution >= 4 is 5.97 Å². The van der Waals surface area contributed by atoms with E-state index < -0.39 is 17.0 Å². The molecule has 0 aromatic carbocycles. The van der Waals surface area contributed by atoms with Crippen molar-refractivity contribution in [2.75, 3.05) is 6.61 Å². The molecule has 5 fully saturated rings. The van der Waals surface area contributed by atoms with Crippen molar-refractivity contribution in [1.82, 2.24) is 0 Å². The number of hydrogen-bond donors (Lipinski definition) is 1. The van der Waals surface area contributed by atoms with Crippen LogP contribution in [0.15, 0.2) is 0 Å². The fourth-order valence-corrected chi connectivity index (χ4v) is 5.89. The van der Waals surface area contributed by atoms with Gasteiger partial charge in [0, 0.05) is 19.3 Å². The molecular weight excluding hydrogens is 300 g/mol. The van der Waals surface area contributed by atoms with E-state index in [0.717, 1.165) is 0 Å². The van der Waals surface area contributed by atoms with E-state index in [1.54, 1.807) is 0 Å². The topological polar surface area (TPSA) is 80.8 Å². The van der Waals surface area contributed by atoms with Gasteiger partial charge in [-0.3, -0.25) is 4.79 Å². The molecule has 23 heavy (non-hydrogen) atoms. The van der Waals surface area contributed by atoms with Crippen molar-refractivity contribution in [3.8, 4) is 0 Å². The Bertz CT molecular complexity index is 608. The highest BCUT2D eigenvalue weighted by atomic mass is 16.8. The molecule has 0 radical (unpaired) electrons. The third-order valence-electron chi connectivity index (χ3n) is 7.52. The fraction of sp³-hybridized carbons (Fsp3) is 0.941. The van der Waals surface area contributed by atoms with E-state index in [9.17, 15) is 9.90 Å². The Labute approximate surface area is 135 Å². The molecule has 3 heterocycles. The number of carbonyl (C=O) groups excluding carboxylic acids is 1. The molecule has 5 rings (SSSR count). The first-order valence-electron chi connectivity index (χ1n) is 8.55. The summed E-state index contributed by atoms with van der Waals surface area (Å²) in [4.78, 5) is 11.5. The standard InChI is InChI=1S/C17H24O6/c1-8-11(21-9(2)18)13-12(22-13)10-5-17(19)16(6-14(8,10)3)15(4,23-16)7-20-17/h8,10-13,19H,5-7H2,1-4H3/t8-,10+,11+,12-,13+,14+,15+,16+,17+/m0/s1. The molecular formula is C17H24O6. The number of aliphatic hydroxyl groups is 1. The zero-order valence-electron chi connectivity index (χ0n) is 14.0. The number of epoxide rings is 2. The molecule has 2 saturated carbocycles. The number of carbonyl (C=O) groups is 1. The van der Waals surface area contributed by atoms with Gasteiger partial charge in [-0.05, 0) is 24.7 Å². The molecule has 5 aliphatic rings. The summed E-state index contributed by atoms with van der Waals surface area (Å²) in [6.07, 6.45) is 1.02. The first kappa shape index (κ1) is 14.6. The molecule has 3 aliphatic heterocycles. The second kappa shape index (κ2) is 3.77. The van der Waals surface area contributed by atoms with E-state index in [-0.39, 0.29) is 41.5 Å². The Morgan fingerprint density at radius 2 is 2.04 bits per heavy atom. The van der Waals surface area contributed by atoms with Crippen LogP contribution in [0.3, 0.4) is 0 Å². The van der Waals surface area contributed by atoms with E-state index in [4.69, 9.17) is 18.9 Å². The Balaban J connectivity index is 1.52. The Hall–Kier alpha value is -0.690. The predicted octanol–water partition coefficient (Wildman–Crippen LogP) is 0.998. The monoisotopic (exact) mass is 324 g/mol. The van der Waals surface area contributed by atoms with Crippen LogP contribution in [0.1, 0.15) is 40.5 Å². The van der Waals surface area contributed by atoms with Crippen LogP contribution in [0.2, 0.25) is 0 Å². The van der Waals surface area contributed by atoms with Gasteiger partial charge < -0.3 is 24.1 Å². The molecule has 1 N–H and O–H groups in total. The number of hydrogen-bond acceptors (Lipinski definition) is 6. The summed E-state index contributed by atoms with van der Waals surface area (Å²) in [7, 11) is 0. The van der Waals surface area contributed by atoms with Gasteiger partial charge in [-0.15, -0.1) is 0 Å². The molecule has 6 nitrogen and oxygen atoms in total. The van der Waals surface area contributed by atoms with E-state index in [1.807, 2.05) is 6.92 Å². The summed E-state index contributed by atoms with van der Waals surface area (Å²) >= 11 is 0. The predicted molar refractivity (Wildman–Crippen MR) is 77.3 cm³/mol. The molecule has 0 unspecified atom stereocenters. The summed E-state index contributed by atoms with van der Waals surface area (Å²) < 4.78 is 23.3. The van der Waals surface area contributed by atoms with E-state index in [1.165, 1.54) is 6.92 Å². The quantitative estimate of drug-likeness (QED) is 0.572. The number of esters is 1. The smallest absolute Gasteiger partial charge is 0.303 e. The number of fused-ring (bicyclic) bond motifs is 3. The van der Waals surface area contributed by atoms with Crippen molar-refractivity contribution in [1.29, 1.82) is 0 Å². The SMILES string of the molecule is CC(=O)O[C@H]1[C@H]2O[C@H]2[C@H]2C[C@@]3(O)OC[C@@]4(C)O[C@]43C[C@]2(C)[C@H]1C. The van der Waals surface area contributed by atoms with Gasteiger partial charge >= 0.3 is 5.97 Å². The minimum atomic E-state index is -1.21. The van der Waals surface area contributed by atoms with Gasteiger partial charge in [-0.1, -0.05) is 13.8 Å². The lowest BCUT2D eigenvalue weighted by Gasteiger charge is -2.54. The molecule has 0 aromatic heterocycles. The lowest BCUT2D eigenvalue weighted by molar-refractivity contribution is -0.280. The van der Waals surface area contributed by atoms with Crippen LogP contribution >= 0.6 is 0 Å². The van der Waals surface area contributed by atoms with Crippen LogP contribution in [0.25, 0.3) is 0 Å². The molecule has 0 amide bonds. The molecule has 0 bridgehead atoms. The maximum atomic E-state index is 11.5. The summed E-state index contributed by atoms with van der Waals surface area (Å²) in [6, 6.07) is 0. The third-order valence-corrected chi connectivity index (χ3v) is 7.52. The summed E-state index contributed by atoms with van der Waals surface area (Å²) in [5.74, 6) is -1.14. The van der Waals surface area contributed by atoms with Gasteiger partial charge in [0.25, 0.3) is 0 Å². The minimum absolute atomic E-state index is 0.0381. The summed E-state index contributed by atoms with van der Waals surface area (Å²) in [6.45, 7) is 8.26. The van der Waals surface area contributed by atoms with E-state index in [2.05, 4.69) is 13.8 Å². The first-order valence-corrected chi connectivity index (χ1v) is 8.55. The van der Waals surface area contributed by atoms with Crippen LogP contribution < -0.4 is 0 Å². The van der Waals surface area contributed by atoms with E-state index >= 15 is 0 Å². The lowest BCUT2D eigenvalue weighted by atomic mass is 9.51. The Morgan fingerprint density at radius 1 is 1.30 bits per heavy atom. The van der Waals surface area contributed by atoms with Crippen LogP contribution in [-0.2, 0) is 23.7 Å². The van der Waals surface area contributed by atoms with Gasteiger partial charge in [0.1, 0.15) is 17.8 Å². The number of ether oxygens (including phenoxy) is 4. The average molecular weight is 324 g/mol. The van der Waals surface area contributed by atoms with Crippen LogP contribution in [0.4, 0.5) is 0 Å². The zero-order valence-corrected chi connectivity index (χ0v) is 14.0. The zero-order chi connectivity index (χ0) is 16.4. The van der Waals surface area contributed by atoms with Gasteiger partial charge in [0.2, 0.25) is 0 Å². The molecule has 9 atom stereocenters. The highest BCUT2D eigenvalue weighted by Crippen LogP contribution is 2.73. The van der Waals surface area contributed by atoms with E-state index in [0.29, 0.717) is 19.4 Å². The second-order valence-corrected chi connectivity index (χ2v) is 8.65. The highest BCUT2D eigenvalue weighted by Gasteiger charge is 2.87. The molecule has 1 spiro atoms. The van der Waals surface area contributed by atoms with Crippen molar-refractivity contribution in [3.05, 3.63) is 0 Å². The van der Waals surface area contributed by atoms with Crippen molar-refractivity contribution in [3.63, 3.8) is 0 Å². The summed E-state index contributed by atoms with van der Waals surface area (Å²) in [5, 5.41) is 11.1. The van der Waals surface area contributed by atoms with Gasteiger partial charge in [-0.25, -0.2) is 0 Å². The highest BCUT2D eigenvalue weighted by molar-refractivity contribution is 5.66. The first-order chi connectivity index (χ1) is 10.7. The van der Waals surface area contributed by atoms with Gasteiger partial charge in [0.05, 0.1) is 12.7 Å². The lowest BCUT2D eigenvalue weighted by Crippen LogP contribution is -2.63. The molecule has 3 saturated heterocycles. The normalized spacial score (nSPS) is 65.0. The van der Waals surface area contributed by atoms with Crippen LogP contribution in [-0.4, -0.2) is 53.0 Å². The second-order valence-electron chi connectivity index (χ2n) is 8.65. The van der Waals surface area contributed by atoms with Crippen molar-refractivity contribution in [2.45, 2.75) is 75.8 Å². The maximum Gasteiger partial charge on any atom is 0.303 e. The minimum Gasteiger partial charge on any atom is -0.459 e.